The third-order valence-electron chi connectivity index (χ3n) is 5.77. The van der Waals surface area contributed by atoms with Crippen LogP contribution < -0.4 is 5.32 Å². The molecule has 0 atom stereocenters. The van der Waals surface area contributed by atoms with Crippen molar-refractivity contribution >= 4 is 39.9 Å². The minimum atomic E-state index is -2.36. The van der Waals surface area contributed by atoms with Gasteiger partial charge in [-0.1, -0.05) is 20.4 Å². The Labute approximate surface area is 208 Å². The molecule has 0 fully saturated rings. The molecule has 0 rings (SSSR count). The van der Waals surface area contributed by atoms with Crippen LogP contribution in [-0.4, -0.2) is 78.1 Å². The Morgan fingerprint density at radius 2 is 1.58 bits per heavy atom. The molecule has 0 radical (unpaired) electrons. The molecule has 6 nitrogen and oxygen atoms in total. The lowest BCUT2D eigenvalue weighted by molar-refractivity contribution is -0.884. The number of carbonyl (C=O) groups is 1. The fourth-order valence-electron chi connectivity index (χ4n) is 4.15. The van der Waals surface area contributed by atoms with E-state index >= 15 is 0 Å². The first-order valence-electron chi connectivity index (χ1n) is 12.7. The maximum atomic E-state index is 12.6. The van der Waals surface area contributed by atoms with Crippen LogP contribution in [0, 0.1) is 0 Å². The van der Waals surface area contributed by atoms with Crippen LogP contribution in [0.4, 0.5) is 0 Å². The molecular weight excluding hydrogens is 481 g/mol. The number of carbonyl (C=O) groups excluding carboxylic acids is 1. The van der Waals surface area contributed by atoms with Crippen LogP contribution in [0.1, 0.15) is 46.0 Å². The topological polar surface area (TPSA) is 72.5 Å². The molecule has 0 unspecified atom stereocenters. The van der Waals surface area contributed by atoms with Crippen molar-refractivity contribution in [3.8, 4) is 0 Å². The van der Waals surface area contributed by atoms with Crippen molar-refractivity contribution in [2.45, 2.75) is 95.1 Å². The van der Waals surface area contributed by atoms with Crippen LogP contribution >= 0.6 is 0 Å². The summed E-state index contributed by atoms with van der Waals surface area (Å²) in [5, 5.41) is 3.06. The standard InChI is InChI=1S/C23H50N2O4Si4/c1-9-18-25(4,5)19-14-12-13-16-23(26)24-17-15-20-33(21-30(27)10-2,22-31(28)11-3)29-32(6,7)8/h9H,1,10-22H2,2-8H3/p+1. The predicted octanol–water partition coefficient (Wildman–Crippen LogP) is 5.07. The highest BCUT2D eigenvalue weighted by Crippen LogP contribution is 2.29. The monoisotopic (exact) mass is 531 g/mol. The number of unbranched alkanes of at least 4 members (excludes halogenated alkanes) is 2. The summed E-state index contributed by atoms with van der Waals surface area (Å²) in [6.45, 7) is 16.9. The lowest BCUT2D eigenvalue weighted by Gasteiger charge is -2.37. The van der Waals surface area contributed by atoms with Gasteiger partial charge in [0.05, 0.1) is 27.2 Å². The summed E-state index contributed by atoms with van der Waals surface area (Å²) in [6.07, 6.45) is 6.42. The lowest BCUT2D eigenvalue weighted by atomic mass is 10.1. The molecule has 0 heterocycles. The van der Waals surface area contributed by atoms with E-state index in [1.165, 1.54) is 0 Å². The average Bonchev–Trinajstić information content (AvgIpc) is 2.69. The number of quaternary nitrogens is 1. The highest BCUT2D eigenvalue weighted by atomic mass is 28.5. The zero-order chi connectivity index (χ0) is 25.5. The molecule has 0 spiro atoms. The van der Waals surface area contributed by atoms with Gasteiger partial charge >= 0.3 is 0 Å². The Morgan fingerprint density at radius 1 is 1.00 bits per heavy atom. The zero-order valence-electron chi connectivity index (χ0n) is 22.6. The van der Waals surface area contributed by atoms with Crippen molar-refractivity contribution in [2.75, 3.05) is 33.7 Å². The van der Waals surface area contributed by atoms with E-state index in [0.29, 0.717) is 36.4 Å². The van der Waals surface area contributed by atoms with Gasteiger partial charge in [0.1, 0.15) is 0 Å². The summed E-state index contributed by atoms with van der Waals surface area (Å²) in [5.74, 6) is 0.109. The summed E-state index contributed by atoms with van der Waals surface area (Å²) in [7, 11) is -3.21. The van der Waals surface area contributed by atoms with E-state index in [9.17, 15) is 13.7 Å². The Bertz CT molecular complexity index is 618. The van der Waals surface area contributed by atoms with E-state index in [1.807, 2.05) is 19.9 Å². The highest BCUT2D eigenvalue weighted by Gasteiger charge is 2.42. The Kier molecular flexibility index (Phi) is 16.1. The maximum absolute atomic E-state index is 12.6. The van der Waals surface area contributed by atoms with Gasteiger partial charge in [-0.2, -0.15) is 0 Å². The Morgan fingerprint density at radius 3 is 2.06 bits per heavy atom. The van der Waals surface area contributed by atoms with Crippen molar-refractivity contribution in [1.82, 2.24) is 5.32 Å². The van der Waals surface area contributed by atoms with E-state index in [0.717, 1.165) is 49.3 Å². The van der Waals surface area contributed by atoms with Gasteiger partial charge in [-0.25, -0.2) is 0 Å². The van der Waals surface area contributed by atoms with Crippen LogP contribution in [0.25, 0.3) is 0 Å². The van der Waals surface area contributed by atoms with E-state index in [2.05, 4.69) is 45.6 Å². The number of nitrogens with zero attached hydrogens (tertiary/aromatic N) is 1. The first-order chi connectivity index (χ1) is 15.3. The molecule has 1 N–H and O–H groups in total. The molecule has 0 aromatic rings. The van der Waals surface area contributed by atoms with Crippen LogP contribution in [0.2, 0.25) is 49.1 Å². The number of rotatable bonds is 20. The lowest BCUT2D eigenvalue weighted by Crippen LogP contribution is -2.50. The van der Waals surface area contributed by atoms with Crippen LogP contribution in [0.3, 0.4) is 0 Å². The highest BCUT2D eigenvalue weighted by molar-refractivity contribution is 6.94. The summed E-state index contributed by atoms with van der Waals surface area (Å²) < 4.78 is 32.8. The van der Waals surface area contributed by atoms with E-state index in [4.69, 9.17) is 4.12 Å². The van der Waals surface area contributed by atoms with Crippen molar-refractivity contribution in [1.29, 1.82) is 0 Å². The number of hydrogen-bond donors (Lipinski definition) is 1. The van der Waals surface area contributed by atoms with Crippen molar-refractivity contribution in [2.24, 2.45) is 0 Å². The molecule has 0 aliphatic carbocycles. The van der Waals surface area contributed by atoms with Gasteiger partial charge in [0, 0.05) is 24.3 Å². The molecule has 0 bridgehead atoms. The molecule has 0 saturated heterocycles. The molecule has 1 amide bonds. The van der Waals surface area contributed by atoms with Crippen molar-refractivity contribution in [3.63, 3.8) is 0 Å². The largest absolute Gasteiger partial charge is 0.455 e. The third kappa shape index (κ3) is 16.8. The minimum Gasteiger partial charge on any atom is -0.455 e. The summed E-state index contributed by atoms with van der Waals surface area (Å²) >= 11 is 0. The van der Waals surface area contributed by atoms with Gasteiger partial charge in [0.2, 0.25) is 5.91 Å². The molecule has 0 saturated carbocycles. The molecule has 33 heavy (non-hydrogen) atoms. The SMILES string of the molecule is C=CC[N+](C)(C)CCCCCC(=O)NCCC[Si](C[Si](=O)CC)(C[Si](=O)CC)O[Si](C)(C)C. The third-order valence-corrected chi connectivity index (χ3v) is 21.1. The maximum Gasteiger partial charge on any atom is 0.275 e. The van der Waals surface area contributed by atoms with Crippen LogP contribution in [-0.2, 0) is 17.8 Å². The summed E-state index contributed by atoms with van der Waals surface area (Å²) in [5.41, 5.74) is 1.28. The smallest absolute Gasteiger partial charge is 0.275 e. The summed E-state index contributed by atoms with van der Waals surface area (Å²) in [6, 6.07) is 2.20. The first kappa shape index (κ1) is 32.6. The summed E-state index contributed by atoms with van der Waals surface area (Å²) in [4.78, 5) is 12.3. The van der Waals surface area contributed by atoms with Gasteiger partial charge in [0.25, 0.3) is 17.4 Å². The quantitative estimate of drug-likeness (QED) is 0.103. The number of likely N-dealkylation sites (N-methyl/N-ethyl adjacent to an activating group) is 1. The normalized spacial score (nSPS) is 12.5. The second kappa shape index (κ2) is 16.3. The molecule has 0 aromatic carbocycles. The number of hydrogen-bond acceptors (Lipinski definition) is 4. The van der Waals surface area contributed by atoms with Crippen LogP contribution in [0.5, 0.6) is 0 Å². The van der Waals surface area contributed by atoms with E-state index < -0.39 is 34.0 Å². The molecular formula is C23H51N2O4Si4+. The minimum absolute atomic E-state index is 0.109. The van der Waals surface area contributed by atoms with Gasteiger partial charge in [-0.15, -0.1) is 0 Å². The van der Waals surface area contributed by atoms with Gasteiger partial charge in [0.15, 0.2) is 16.6 Å². The molecule has 10 heteroatoms. The molecule has 0 aliphatic heterocycles. The fraction of sp³-hybridized carbons (Fsp3) is 0.870. The first-order valence-corrected chi connectivity index (χ1v) is 22.3. The van der Waals surface area contributed by atoms with Crippen molar-refractivity contribution < 1.29 is 22.3 Å². The number of nitrogens with one attached hydrogen (secondary N) is 1. The fourth-order valence-corrected chi connectivity index (χ4v) is 23.2. The second-order valence-electron chi connectivity index (χ2n) is 10.9. The molecule has 0 aliphatic rings. The second-order valence-corrected chi connectivity index (χ2v) is 25.2. The van der Waals surface area contributed by atoms with Gasteiger partial charge < -0.3 is 22.8 Å². The predicted molar refractivity (Wildman–Crippen MR) is 147 cm³/mol. The van der Waals surface area contributed by atoms with E-state index in [1.54, 1.807) is 0 Å². The average molecular weight is 532 g/mol. The molecule has 0 aromatic heterocycles. The van der Waals surface area contributed by atoms with Gasteiger partial charge in [-0.3, -0.25) is 4.79 Å². The van der Waals surface area contributed by atoms with E-state index in [-0.39, 0.29) is 5.91 Å². The van der Waals surface area contributed by atoms with Gasteiger partial charge in [-0.05, 0) is 69.5 Å². The zero-order valence-corrected chi connectivity index (χ0v) is 26.6. The van der Waals surface area contributed by atoms with Crippen molar-refractivity contribution in [3.05, 3.63) is 12.7 Å². The van der Waals surface area contributed by atoms with Crippen LogP contribution in [0.15, 0.2) is 12.7 Å². The number of amides is 1. The Hall–Kier alpha value is -0.402. The molecule has 192 valence electrons. The Balaban J connectivity index is 4.66.